The van der Waals surface area contributed by atoms with Gasteiger partial charge in [0.25, 0.3) is 11.8 Å². The maximum Gasteiger partial charge on any atom is 0.282 e. The van der Waals surface area contributed by atoms with Crippen molar-refractivity contribution in [2.75, 3.05) is 30.6 Å². The molecule has 0 bridgehead atoms. The van der Waals surface area contributed by atoms with E-state index >= 15 is 0 Å². The molecule has 2 aromatic rings. The van der Waals surface area contributed by atoms with Crippen LogP contribution >= 0.6 is 0 Å². The molecule has 6 nitrogen and oxygen atoms in total. The van der Waals surface area contributed by atoms with Crippen molar-refractivity contribution >= 4 is 29.3 Å². The second-order valence-electron chi connectivity index (χ2n) is 6.19. The van der Waals surface area contributed by atoms with Crippen molar-refractivity contribution in [3.8, 4) is 5.75 Å². The van der Waals surface area contributed by atoms with Crippen LogP contribution in [0.2, 0.25) is 0 Å². The minimum atomic E-state index is -0.449. The molecule has 1 aliphatic rings. The Bertz CT molecular complexity index is 904. The maximum atomic E-state index is 12.7. The number of carbonyl (C=O) groups excluding carboxylic acids is 2. The van der Waals surface area contributed by atoms with Crippen molar-refractivity contribution in [1.29, 1.82) is 0 Å². The molecule has 0 saturated carbocycles. The molecular formula is C21H21N3O3. The topological polar surface area (TPSA) is 61.9 Å². The number of carbonyl (C=O) groups is 2. The van der Waals surface area contributed by atoms with Gasteiger partial charge in [0.2, 0.25) is 0 Å². The van der Waals surface area contributed by atoms with Crippen LogP contribution in [-0.4, -0.2) is 32.5 Å². The van der Waals surface area contributed by atoms with Crippen LogP contribution in [-0.2, 0) is 9.59 Å². The van der Waals surface area contributed by atoms with Crippen LogP contribution in [0.15, 0.2) is 66.8 Å². The lowest BCUT2D eigenvalue weighted by molar-refractivity contribution is -0.117. The van der Waals surface area contributed by atoms with Gasteiger partial charge >= 0.3 is 0 Å². The van der Waals surface area contributed by atoms with E-state index in [0.29, 0.717) is 23.6 Å². The van der Waals surface area contributed by atoms with Crippen LogP contribution in [0.1, 0.15) is 5.56 Å². The average Bonchev–Trinajstić information content (AvgIpc) is 2.96. The van der Waals surface area contributed by atoms with E-state index in [4.69, 9.17) is 4.74 Å². The zero-order valence-corrected chi connectivity index (χ0v) is 15.3. The molecule has 6 heteroatoms. The van der Waals surface area contributed by atoms with Crippen molar-refractivity contribution in [3.05, 3.63) is 72.3 Å². The molecule has 0 aliphatic carbocycles. The van der Waals surface area contributed by atoms with Gasteiger partial charge in [0.1, 0.15) is 17.9 Å². The number of rotatable bonds is 6. The van der Waals surface area contributed by atoms with Crippen molar-refractivity contribution in [1.82, 2.24) is 5.43 Å². The molecule has 0 atom stereocenters. The van der Waals surface area contributed by atoms with Gasteiger partial charge in [0.05, 0.1) is 5.69 Å². The average molecular weight is 363 g/mol. The Balaban J connectivity index is 1.96. The normalized spacial score (nSPS) is 15.0. The third kappa shape index (κ3) is 3.84. The van der Waals surface area contributed by atoms with Gasteiger partial charge in [-0.1, -0.05) is 30.9 Å². The van der Waals surface area contributed by atoms with Gasteiger partial charge in [0.15, 0.2) is 0 Å². The highest BCUT2D eigenvalue weighted by Gasteiger charge is 2.34. The molecule has 0 spiro atoms. The lowest BCUT2D eigenvalue weighted by atomic mass is 10.1. The summed E-state index contributed by atoms with van der Waals surface area (Å²) in [5.74, 6) is -0.278. The van der Waals surface area contributed by atoms with Crippen LogP contribution in [0.25, 0.3) is 6.08 Å². The first-order chi connectivity index (χ1) is 13.0. The Kier molecular flexibility index (Phi) is 5.26. The highest BCUT2D eigenvalue weighted by Crippen LogP contribution is 2.29. The van der Waals surface area contributed by atoms with Gasteiger partial charge in [-0.2, -0.15) is 0 Å². The Labute approximate surface area is 158 Å². The van der Waals surface area contributed by atoms with Gasteiger partial charge in [-0.15, -0.1) is 0 Å². The molecule has 0 unspecified atom stereocenters. The summed E-state index contributed by atoms with van der Waals surface area (Å²) in [5.41, 5.74) is 4.85. The van der Waals surface area contributed by atoms with E-state index in [9.17, 15) is 9.59 Å². The molecule has 1 aliphatic heterocycles. The summed E-state index contributed by atoms with van der Waals surface area (Å²) in [6, 6.07) is 14.6. The van der Waals surface area contributed by atoms with E-state index < -0.39 is 11.8 Å². The number of hydrogen-bond acceptors (Lipinski definition) is 4. The van der Waals surface area contributed by atoms with E-state index in [1.54, 1.807) is 36.4 Å². The lowest BCUT2D eigenvalue weighted by Crippen LogP contribution is -2.35. The molecule has 1 heterocycles. The van der Waals surface area contributed by atoms with E-state index in [0.717, 1.165) is 5.69 Å². The molecule has 1 saturated heterocycles. The molecule has 0 radical (unpaired) electrons. The first-order valence-electron chi connectivity index (χ1n) is 8.48. The fourth-order valence-corrected chi connectivity index (χ4v) is 2.67. The molecule has 138 valence electrons. The van der Waals surface area contributed by atoms with Gasteiger partial charge in [0, 0.05) is 31.4 Å². The largest absolute Gasteiger partial charge is 0.489 e. The highest BCUT2D eigenvalue weighted by molar-refractivity contribution is 6.31. The Morgan fingerprint density at radius 1 is 1.15 bits per heavy atom. The van der Waals surface area contributed by atoms with Gasteiger partial charge in [-0.3, -0.25) is 15.0 Å². The Hall–Kier alpha value is -3.54. The standard InChI is InChI=1S/C21H21N3O3/c1-4-12-27-19-14-17(23(2)3)11-10-15(19)13-18-20(25)22-24(21(18)26)16-8-6-5-7-9-16/h4-11,13-14H,1,12H2,2-3H3,(H,22,25)/b18-13-. The molecule has 1 fully saturated rings. The first-order valence-corrected chi connectivity index (χ1v) is 8.48. The zero-order chi connectivity index (χ0) is 19.4. The van der Waals surface area contributed by atoms with Gasteiger partial charge < -0.3 is 9.64 Å². The second kappa shape index (κ2) is 7.78. The van der Waals surface area contributed by atoms with Crippen LogP contribution < -0.4 is 20.1 Å². The molecule has 0 aromatic heterocycles. The molecule has 2 amide bonds. The number of nitrogens with zero attached hydrogens (tertiary/aromatic N) is 2. The van der Waals surface area contributed by atoms with Crippen molar-refractivity contribution in [2.45, 2.75) is 0 Å². The van der Waals surface area contributed by atoms with Crippen LogP contribution in [0, 0.1) is 0 Å². The number of anilines is 2. The summed E-state index contributed by atoms with van der Waals surface area (Å²) in [6.07, 6.45) is 3.20. The van der Waals surface area contributed by atoms with E-state index in [1.807, 2.05) is 43.3 Å². The van der Waals surface area contributed by atoms with Crippen molar-refractivity contribution < 1.29 is 14.3 Å². The van der Waals surface area contributed by atoms with Crippen LogP contribution in [0.5, 0.6) is 5.75 Å². The van der Waals surface area contributed by atoms with E-state index in [-0.39, 0.29) is 5.57 Å². The number of amides is 2. The molecule has 2 aromatic carbocycles. The second-order valence-corrected chi connectivity index (χ2v) is 6.19. The highest BCUT2D eigenvalue weighted by atomic mass is 16.5. The summed E-state index contributed by atoms with van der Waals surface area (Å²) in [7, 11) is 3.85. The van der Waals surface area contributed by atoms with Crippen molar-refractivity contribution in [2.24, 2.45) is 0 Å². The summed E-state index contributed by atoms with van der Waals surface area (Å²) in [4.78, 5) is 27.0. The minimum absolute atomic E-state index is 0.0555. The first kappa shape index (κ1) is 18.3. The van der Waals surface area contributed by atoms with Crippen LogP contribution in [0.3, 0.4) is 0 Å². The fraction of sp³-hybridized carbons (Fsp3) is 0.143. The molecular weight excluding hydrogens is 342 g/mol. The molecule has 1 N–H and O–H groups in total. The fourth-order valence-electron chi connectivity index (χ4n) is 2.67. The predicted molar refractivity (Wildman–Crippen MR) is 107 cm³/mol. The van der Waals surface area contributed by atoms with E-state index in [2.05, 4.69) is 12.0 Å². The molecule has 27 heavy (non-hydrogen) atoms. The zero-order valence-electron chi connectivity index (χ0n) is 15.3. The Morgan fingerprint density at radius 2 is 1.89 bits per heavy atom. The number of nitrogens with one attached hydrogen (secondary N) is 1. The monoisotopic (exact) mass is 363 g/mol. The molecule has 3 rings (SSSR count). The predicted octanol–water partition coefficient (Wildman–Crippen LogP) is 2.78. The maximum absolute atomic E-state index is 12.7. The van der Waals surface area contributed by atoms with Crippen molar-refractivity contribution in [3.63, 3.8) is 0 Å². The van der Waals surface area contributed by atoms with Crippen LogP contribution in [0.4, 0.5) is 11.4 Å². The Morgan fingerprint density at radius 3 is 2.56 bits per heavy atom. The van der Waals surface area contributed by atoms with Gasteiger partial charge in [-0.05, 0) is 30.3 Å². The van der Waals surface area contributed by atoms with Gasteiger partial charge in [-0.25, -0.2) is 5.01 Å². The smallest absolute Gasteiger partial charge is 0.282 e. The lowest BCUT2D eigenvalue weighted by Gasteiger charge is -2.16. The number of hydrogen-bond donors (Lipinski definition) is 1. The van der Waals surface area contributed by atoms with E-state index in [1.165, 1.54) is 5.01 Å². The third-order valence-electron chi connectivity index (χ3n) is 4.08. The minimum Gasteiger partial charge on any atom is -0.489 e. The number of para-hydroxylation sites is 1. The summed E-state index contributed by atoms with van der Waals surface area (Å²) in [5, 5.41) is 1.24. The quantitative estimate of drug-likeness (QED) is 0.487. The third-order valence-corrected chi connectivity index (χ3v) is 4.08. The number of benzene rings is 2. The summed E-state index contributed by atoms with van der Waals surface area (Å²) < 4.78 is 5.72. The SMILES string of the molecule is C=CCOc1cc(N(C)C)ccc1/C=C1/C(=O)NN(c2ccccc2)C1=O. The summed E-state index contributed by atoms with van der Waals surface area (Å²) in [6.45, 7) is 3.98. The number of ether oxygens (including phenoxy) is 1. The summed E-state index contributed by atoms with van der Waals surface area (Å²) >= 11 is 0. The number of hydrazine groups is 1.